The van der Waals surface area contributed by atoms with E-state index >= 15 is 0 Å². The second kappa shape index (κ2) is 5.65. The molecule has 0 aliphatic carbocycles. The van der Waals surface area contributed by atoms with E-state index in [0.29, 0.717) is 22.1 Å². The lowest BCUT2D eigenvalue weighted by Gasteiger charge is -1.98. The van der Waals surface area contributed by atoms with Gasteiger partial charge in [-0.3, -0.25) is 14.9 Å². The molecule has 0 amide bonds. The van der Waals surface area contributed by atoms with Gasteiger partial charge in [-0.25, -0.2) is 0 Å². The first-order chi connectivity index (χ1) is 10.6. The van der Waals surface area contributed by atoms with E-state index in [4.69, 9.17) is 4.42 Å². The number of nitrogens with zero attached hydrogens (tertiary/aromatic N) is 1. The number of fused-ring (bicyclic) bond motifs is 1. The Hall–Kier alpha value is -3.21. The predicted octanol–water partition coefficient (Wildman–Crippen LogP) is 3.87. The van der Waals surface area contributed by atoms with E-state index in [1.54, 1.807) is 48.6 Å². The van der Waals surface area contributed by atoms with Gasteiger partial charge in [0, 0.05) is 12.1 Å². The van der Waals surface area contributed by atoms with Crippen LogP contribution in [0.3, 0.4) is 0 Å². The summed E-state index contributed by atoms with van der Waals surface area (Å²) in [5.74, 6) is 0. The first-order valence-corrected chi connectivity index (χ1v) is 6.58. The molecule has 1 heterocycles. The average molecular weight is 293 g/mol. The van der Waals surface area contributed by atoms with E-state index < -0.39 is 4.92 Å². The molecule has 0 N–H and O–H groups in total. The molecule has 0 saturated heterocycles. The molecule has 5 nitrogen and oxygen atoms in total. The minimum absolute atomic E-state index is 0.00713. The third-order valence-electron chi connectivity index (χ3n) is 3.24. The molecule has 0 bridgehead atoms. The first kappa shape index (κ1) is 13.8. The number of nitro groups is 1. The fourth-order valence-corrected chi connectivity index (χ4v) is 2.14. The topological polar surface area (TPSA) is 73.3 Å². The SMILES string of the molecule is O=c1c(/C=C\c2cccc([N+](=O)[O-])c2)coc2ccccc12. The number of non-ortho nitro benzene ring substituents is 1. The van der Waals surface area contributed by atoms with Gasteiger partial charge in [0.2, 0.25) is 0 Å². The second-order valence-electron chi connectivity index (χ2n) is 4.70. The quantitative estimate of drug-likeness (QED) is 0.542. The van der Waals surface area contributed by atoms with Crippen LogP contribution >= 0.6 is 0 Å². The maximum absolute atomic E-state index is 12.3. The van der Waals surface area contributed by atoms with Crippen molar-refractivity contribution in [1.82, 2.24) is 0 Å². The smallest absolute Gasteiger partial charge is 0.270 e. The zero-order valence-electron chi connectivity index (χ0n) is 11.4. The molecule has 5 heteroatoms. The molecule has 108 valence electrons. The lowest BCUT2D eigenvalue weighted by molar-refractivity contribution is -0.384. The summed E-state index contributed by atoms with van der Waals surface area (Å²) in [6, 6.07) is 13.2. The molecule has 3 rings (SSSR count). The minimum Gasteiger partial charge on any atom is -0.463 e. The maximum Gasteiger partial charge on any atom is 0.270 e. The molecule has 0 atom stereocenters. The van der Waals surface area contributed by atoms with Crippen molar-refractivity contribution < 1.29 is 9.34 Å². The molecule has 0 unspecified atom stereocenters. The number of benzene rings is 2. The van der Waals surface area contributed by atoms with E-state index in [-0.39, 0.29) is 11.1 Å². The zero-order valence-corrected chi connectivity index (χ0v) is 11.4. The molecule has 22 heavy (non-hydrogen) atoms. The summed E-state index contributed by atoms with van der Waals surface area (Å²) in [6.45, 7) is 0. The van der Waals surface area contributed by atoms with Gasteiger partial charge in [-0.15, -0.1) is 0 Å². The van der Waals surface area contributed by atoms with Gasteiger partial charge >= 0.3 is 0 Å². The van der Waals surface area contributed by atoms with Crippen LogP contribution in [-0.4, -0.2) is 4.92 Å². The Morgan fingerprint density at radius 2 is 1.86 bits per heavy atom. The summed E-state index contributed by atoms with van der Waals surface area (Å²) in [5.41, 5.74) is 1.43. The van der Waals surface area contributed by atoms with Crippen molar-refractivity contribution in [2.75, 3.05) is 0 Å². The van der Waals surface area contributed by atoms with Crippen LogP contribution in [0.1, 0.15) is 11.1 Å². The van der Waals surface area contributed by atoms with Crippen LogP contribution in [0.15, 0.2) is 64.0 Å². The van der Waals surface area contributed by atoms with Gasteiger partial charge in [-0.1, -0.05) is 30.3 Å². The van der Waals surface area contributed by atoms with Crippen LogP contribution in [0.4, 0.5) is 5.69 Å². The highest BCUT2D eigenvalue weighted by atomic mass is 16.6. The van der Waals surface area contributed by atoms with Crippen LogP contribution in [0, 0.1) is 10.1 Å². The molecule has 0 spiro atoms. The second-order valence-corrected chi connectivity index (χ2v) is 4.70. The van der Waals surface area contributed by atoms with E-state index in [1.807, 2.05) is 0 Å². The Bertz CT molecular complexity index is 941. The van der Waals surface area contributed by atoms with Crippen molar-refractivity contribution in [3.63, 3.8) is 0 Å². The third-order valence-corrected chi connectivity index (χ3v) is 3.24. The zero-order chi connectivity index (χ0) is 15.5. The Balaban J connectivity index is 1.99. The van der Waals surface area contributed by atoms with Gasteiger partial charge in [0.25, 0.3) is 5.69 Å². The fraction of sp³-hybridized carbons (Fsp3) is 0. The largest absolute Gasteiger partial charge is 0.463 e. The van der Waals surface area contributed by atoms with Gasteiger partial charge in [-0.2, -0.15) is 0 Å². The van der Waals surface area contributed by atoms with Gasteiger partial charge in [0.15, 0.2) is 5.43 Å². The standard InChI is InChI=1S/C17H11NO4/c19-17-13(11-22-16-7-2-1-6-15(16)17)9-8-12-4-3-5-14(10-12)18(20)21/h1-11H/b9-8-. The van der Waals surface area contributed by atoms with E-state index in [9.17, 15) is 14.9 Å². The Morgan fingerprint density at radius 1 is 1.05 bits per heavy atom. The van der Waals surface area contributed by atoms with Gasteiger partial charge in [-0.05, 0) is 23.8 Å². The molecule has 0 saturated carbocycles. The maximum atomic E-state index is 12.3. The molecular weight excluding hydrogens is 282 g/mol. The number of para-hydroxylation sites is 1. The molecule has 0 aliphatic rings. The van der Waals surface area contributed by atoms with Crippen molar-refractivity contribution >= 4 is 28.8 Å². The van der Waals surface area contributed by atoms with Crippen molar-refractivity contribution in [1.29, 1.82) is 0 Å². The van der Waals surface area contributed by atoms with Crippen molar-refractivity contribution in [2.24, 2.45) is 0 Å². The lowest BCUT2D eigenvalue weighted by atomic mass is 10.1. The van der Waals surface area contributed by atoms with Crippen molar-refractivity contribution in [3.05, 3.63) is 86.3 Å². The fourth-order valence-electron chi connectivity index (χ4n) is 2.14. The number of rotatable bonds is 3. The molecule has 1 aromatic heterocycles. The summed E-state index contributed by atoms with van der Waals surface area (Å²) in [5, 5.41) is 11.2. The summed E-state index contributed by atoms with van der Waals surface area (Å²) in [7, 11) is 0. The van der Waals surface area contributed by atoms with Crippen LogP contribution in [0.25, 0.3) is 23.1 Å². The highest BCUT2D eigenvalue weighted by Gasteiger charge is 2.05. The summed E-state index contributed by atoms with van der Waals surface area (Å²) in [6.07, 6.45) is 4.63. The van der Waals surface area contributed by atoms with Crippen LogP contribution < -0.4 is 5.43 Å². The average Bonchev–Trinajstić information content (AvgIpc) is 2.55. The third kappa shape index (κ3) is 2.64. The van der Waals surface area contributed by atoms with Gasteiger partial charge in [0.1, 0.15) is 11.8 Å². The predicted molar refractivity (Wildman–Crippen MR) is 84.5 cm³/mol. The molecule has 0 radical (unpaired) electrons. The molecule has 2 aromatic carbocycles. The van der Waals surface area contributed by atoms with Gasteiger partial charge < -0.3 is 4.42 Å². The molecular formula is C17H11NO4. The Kier molecular flexibility index (Phi) is 3.53. The summed E-state index contributed by atoms with van der Waals surface area (Å²) in [4.78, 5) is 22.6. The number of hydrogen-bond donors (Lipinski definition) is 0. The van der Waals surface area contributed by atoms with Gasteiger partial charge in [0.05, 0.1) is 15.9 Å². The van der Waals surface area contributed by atoms with E-state index in [2.05, 4.69) is 0 Å². The minimum atomic E-state index is -0.457. The van der Waals surface area contributed by atoms with Crippen LogP contribution in [0.2, 0.25) is 0 Å². The normalized spacial score (nSPS) is 11.1. The highest BCUT2D eigenvalue weighted by Crippen LogP contribution is 2.16. The van der Waals surface area contributed by atoms with Crippen molar-refractivity contribution in [3.8, 4) is 0 Å². The van der Waals surface area contributed by atoms with Crippen LogP contribution in [0.5, 0.6) is 0 Å². The Morgan fingerprint density at radius 3 is 2.68 bits per heavy atom. The molecule has 0 fully saturated rings. The van der Waals surface area contributed by atoms with E-state index in [1.165, 1.54) is 18.4 Å². The number of nitro benzene ring substituents is 1. The summed E-state index contributed by atoms with van der Waals surface area (Å²) >= 11 is 0. The van der Waals surface area contributed by atoms with Crippen LogP contribution in [-0.2, 0) is 0 Å². The Labute approximate surface area is 125 Å². The van der Waals surface area contributed by atoms with E-state index in [0.717, 1.165) is 0 Å². The lowest BCUT2D eigenvalue weighted by Crippen LogP contribution is -2.04. The monoisotopic (exact) mass is 293 g/mol. The first-order valence-electron chi connectivity index (χ1n) is 6.58. The summed E-state index contributed by atoms with van der Waals surface area (Å²) < 4.78 is 5.41. The number of hydrogen-bond acceptors (Lipinski definition) is 4. The highest BCUT2D eigenvalue weighted by molar-refractivity contribution is 5.80. The van der Waals surface area contributed by atoms with Crippen molar-refractivity contribution in [2.45, 2.75) is 0 Å². The molecule has 0 aliphatic heterocycles. The molecule has 3 aromatic rings.